The number of carbonyl (C=O) groups is 3. The van der Waals surface area contributed by atoms with Crippen LogP contribution in [-0.2, 0) is 16.1 Å². The van der Waals surface area contributed by atoms with Crippen molar-refractivity contribution >= 4 is 52.3 Å². The molecule has 2 aliphatic rings. The third-order valence-electron chi connectivity index (χ3n) is 6.84. The highest BCUT2D eigenvalue weighted by molar-refractivity contribution is 6.53. The number of nitrogens with one attached hydrogen (secondary N) is 1. The number of hydrogen-bond acceptors (Lipinski definition) is 5. The van der Waals surface area contributed by atoms with E-state index in [1.165, 1.54) is 17.7 Å². The fraction of sp³-hybridized carbons (Fsp3) is 0.207. The van der Waals surface area contributed by atoms with Crippen LogP contribution in [0.25, 0.3) is 0 Å². The van der Waals surface area contributed by atoms with Crippen LogP contribution in [0.4, 0.5) is 15.8 Å². The molecule has 0 aromatic heterocycles. The predicted molar refractivity (Wildman–Crippen MR) is 149 cm³/mol. The molecule has 2 aliphatic heterocycles. The summed E-state index contributed by atoms with van der Waals surface area (Å²) < 4.78 is 13.6. The summed E-state index contributed by atoms with van der Waals surface area (Å²) in [6, 6.07) is 18.9. The Bertz CT molecular complexity index is 1490. The normalized spacial score (nSPS) is 16.3. The highest BCUT2D eigenvalue weighted by Crippen LogP contribution is 2.33. The molecular formula is C29H25Cl2FN4O3. The number of imide groups is 1. The van der Waals surface area contributed by atoms with Crippen molar-refractivity contribution in [1.29, 1.82) is 0 Å². The van der Waals surface area contributed by atoms with Crippen LogP contribution < -0.4 is 10.2 Å². The molecular weight excluding hydrogens is 542 g/mol. The van der Waals surface area contributed by atoms with E-state index in [0.717, 1.165) is 36.2 Å². The second kappa shape index (κ2) is 11.2. The minimum absolute atomic E-state index is 0.0957. The molecule has 3 aromatic carbocycles. The summed E-state index contributed by atoms with van der Waals surface area (Å²) in [6.07, 6.45) is 0. The topological polar surface area (TPSA) is 73.0 Å². The van der Waals surface area contributed by atoms with Crippen LogP contribution in [0.15, 0.2) is 77.5 Å². The summed E-state index contributed by atoms with van der Waals surface area (Å²) in [5, 5.41) is 2.41. The lowest BCUT2D eigenvalue weighted by molar-refractivity contribution is -0.120. The van der Waals surface area contributed by atoms with Gasteiger partial charge in [-0.3, -0.25) is 19.3 Å². The Kier molecular flexibility index (Phi) is 7.70. The highest BCUT2D eigenvalue weighted by atomic mass is 35.5. The van der Waals surface area contributed by atoms with Crippen LogP contribution in [-0.4, -0.2) is 53.7 Å². The van der Waals surface area contributed by atoms with Crippen molar-refractivity contribution in [3.8, 4) is 0 Å². The van der Waals surface area contributed by atoms with Gasteiger partial charge in [0.2, 0.25) is 0 Å². The molecule has 5 rings (SSSR count). The fourth-order valence-corrected chi connectivity index (χ4v) is 5.02. The van der Waals surface area contributed by atoms with Crippen LogP contribution in [0.3, 0.4) is 0 Å². The molecule has 2 heterocycles. The van der Waals surface area contributed by atoms with Crippen molar-refractivity contribution in [1.82, 2.24) is 9.80 Å². The van der Waals surface area contributed by atoms with Gasteiger partial charge in [0.15, 0.2) is 0 Å². The number of nitrogens with zero attached hydrogens (tertiary/aromatic N) is 3. The molecule has 10 heteroatoms. The quantitative estimate of drug-likeness (QED) is 0.416. The zero-order valence-corrected chi connectivity index (χ0v) is 22.6. The molecule has 0 unspecified atom stereocenters. The Balaban J connectivity index is 1.28. The zero-order chi connectivity index (χ0) is 27.7. The molecule has 0 saturated carbocycles. The van der Waals surface area contributed by atoms with Crippen LogP contribution in [0.1, 0.15) is 21.5 Å². The molecule has 7 nitrogen and oxygen atoms in total. The number of piperazine rings is 1. The summed E-state index contributed by atoms with van der Waals surface area (Å²) >= 11 is 12.1. The van der Waals surface area contributed by atoms with Crippen molar-refractivity contribution in [2.45, 2.75) is 13.5 Å². The first-order valence-corrected chi connectivity index (χ1v) is 13.2. The molecule has 0 aliphatic carbocycles. The smallest absolute Gasteiger partial charge is 0.283 e. The minimum atomic E-state index is -0.759. The van der Waals surface area contributed by atoms with E-state index >= 15 is 0 Å². The van der Waals surface area contributed by atoms with E-state index in [-0.39, 0.29) is 27.3 Å². The van der Waals surface area contributed by atoms with E-state index in [0.29, 0.717) is 24.3 Å². The largest absolute Gasteiger partial charge is 0.349 e. The van der Waals surface area contributed by atoms with Gasteiger partial charge in [-0.05, 0) is 48.4 Å². The molecule has 200 valence electrons. The second-order valence-electron chi connectivity index (χ2n) is 9.44. The first-order chi connectivity index (χ1) is 18.7. The van der Waals surface area contributed by atoms with E-state index in [4.69, 9.17) is 23.2 Å². The lowest BCUT2D eigenvalue weighted by atomic mass is 10.1. The van der Waals surface area contributed by atoms with Crippen molar-refractivity contribution in [3.63, 3.8) is 0 Å². The van der Waals surface area contributed by atoms with Gasteiger partial charge in [0.25, 0.3) is 17.7 Å². The van der Waals surface area contributed by atoms with Gasteiger partial charge in [0.1, 0.15) is 16.5 Å². The maximum absolute atomic E-state index is 13.6. The Morgan fingerprint density at radius 2 is 1.64 bits per heavy atom. The monoisotopic (exact) mass is 566 g/mol. The first kappa shape index (κ1) is 26.9. The Labute approximate surface area is 235 Å². The minimum Gasteiger partial charge on any atom is -0.349 e. The number of hydrogen-bond donors (Lipinski definition) is 1. The maximum atomic E-state index is 13.6. The van der Waals surface area contributed by atoms with Gasteiger partial charge in [-0.15, -0.1) is 0 Å². The third-order valence-corrected chi connectivity index (χ3v) is 7.48. The van der Waals surface area contributed by atoms with Gasteiger partial charge in [-0.25, -0.2) is 9.29 Å². The van der Waals surface area contributed by atoms with E-state index in [2.05, 4.69) is 22.3 Å². The average Bonchev–Trinajstić information content (AvgIpc) is 3.15. The van der Waals surface area contributed by atoms with Crippen molar-refractivity contribution in [3.05, 3.63) is 105 Å². The SMILES string of the molecule is Cc1ccc(C(=O)N2CCN(Cc3ccccc3)CC2)cc1NC1=C(Cl)C(=O)N(c2ccc(F)c(Cl)c2)C1=O. The van der Waals surface area contributed by atoms with Crippen molar-refractivity contribution in [2.24, 2.45) is 0 Å². The van der Waals surface area contributed by atoms with Gasteiger partial charge >= 0.3 is 0 Å². The predicted octanol–water partition coefficient (Wildman–Crippen LogP) is 5.18. The van der Waals surface area contributed by atoms with Gasteiger partial charge in [-0.2, -0.15) is 0 Å². The number of carbonyl (C=O) groups excluding carboxylic acids is 3. The molecule has 0 bridgehead atoms. The number of amides is 3. The number of rotatable bonds is 6. The summed E-state index contributed by atoms with van der Waals surface area (Å²) in [6.45, 7) is 5.38. The maximum Gasteiger partial charge on any atom is 0.283 e. The molecule has 0 radical (unpaired) electrons. The van der Waals surface area contributed by atoms with E-state index in [1.807, 2.05) is 30.0 Å². The fourth-order valence-electron chi connectivity index (χ4n) is 4.63. The Morgan fingerprint density at radius 1 is 0.923 bits per heavy atom. The summed E-state index contributed by atoms with van der Waals surface area (Å²) in [5.41, 5.74) is 2.87. The lowest BCUT2D eigenvalue weighted by Gasteiger charge is -2.35. The summed E-state index contributed by atoms with van der Waals surface area (Å²) in [5.74, 6) is -2.26. The number of aryl methyl sites for hydroxylation is 1. The standard InChI is InChI=1S/C29H25Cl2FN4O3/c1-18-7-8-20(27(37)35-13-11-34(12-14-35)17-19-5-3-2-4-6-19)15-24(18)33-26-25(31)28(38)36(29(26)39)21-9-10-23(32)22(30)16-21/h2-10,15-16,33H,11-14,17H2,1H3. The number of benzene rings is 3. The first-order valence-electron chi connectivity index (χ1n) is 12.4. The molecule has 1 fully saturated rings. The number of anilines is 2. The van der Waals surface area contributed by atoms with Gasteiger partial charge in [0, 0.05) is 44.0 Å². The van der Waals surface area contributed by atoms with E-state index in [1.54, 1.807) is 18.2 Å². The third kappa shape index (κ3) is 5.54. The van der Waals surface area contributed by atoms with Crippen LogP contribution in [0, 0.1) is 12.7 Å². The Hall–Kier alpha value is -3.72. The molecule has 39 heavy (non-hydrogen) atoms. The van der Waals surface area contributed by atoms with Gasteiger partial charge < -0.3 is 10.2 Å². The van der Waals surface area contributed by atoms with Crippen molar-refractivity contribution in [2.75, 3.05) is 36.4 Å². The molecule has 1 saturated heterocycles. The molecule has 0 atom stereocenters. The lowest BCUT2D eigenvalue weighted by Crippen LogP contribution is -2.48. The van der Waals surface area contributed by atoms with Crippen LogP contribution in [0.5, 0.6) is 0 Å². The van der Waals surface area contributed by atoms with Gasteiger partial charge in [0.05, 0.1) is 10.7 Å². The summed E-state index contributed by atoms with van der Waals surface area (Å²) in [7, 11) is 0. The molecule has 0 spiro atoms. The molecule has 3 amide bonds. The van der Waals surface area contributed by atoms with Crippen molar-refractivity contribution < 1.29 is 18.8 Å². The second-order valence-corrected chi connectivity index (χ2v) is 10.2. The average molecular weight is 567 g/mol. The summed E-state index contributed by atoms with van der Waals surface area (Å²) in [4.78, 5) is 44.2. The van der Waals surface area contributed by atoms with Crippen LogP contribution >= 0.6 is 23.2 Å². The highest BCUT2D eigenvalue weighted by Gasteiger charge is 2.39. The number of halogens is 3. The molecule has 3 aromatic rings. The van der Waals surface area contributed by atoms with Gasteiger partial charge in [-0.1, -0.05) is 59.6 Å². The van der Waals surface area contributed by atoms with E-state index < -0.39 is 17.6 Å². The Morgan fingerprint density at radius 3 is 2.33 bits per heavy atom. The zero-order valence-electron chi connectivity index (χ0n) is 21.1. The van der Waals surface area contributed by atoms with E-state index in [9.17, 15) is 18.8 Å². The molecule has 1 N–H and O–H groups in total. The van der Waals surface area contributed by atoms with Crippen LogP contribution in [0.2, 0.25) is 5.02 Å².